The molecule has 2 aliphatic heterocycles. The smallest absolute Gasteiger partial charge is 0.258 e. The molecular formula is C27H33N3O6S2. The lowest BCUT2D eigenvalue weighted by atomic mass is 9.66. The molecule has 0 atom stereocenters. The van der Waals surface area contributed by atoms with E-state index in [-0.39, 0.29) is 22.9 Å². The average molecular weight is 560 g/mol. The summed E-state index contributed by atoms with van der Waals surface area (Å²) < 4.78 is 59.5. The Balaban J connectivity index is 1.34. The molecule has 2 aromatic carbocycles. The van der Waals surface area contributed by atoms with Gasteiger partial charge >= 0.3 is 0 Å². The molecule has 2 heterocycles. The topological polar surface area (TPSA) is 113 Å². The molecule has 0 radical (unpaired) electrons. The molecule has 38 heavy (non-hydrogen) atoms. The van der Waals surface area contributed by atoms with Crippen molar-refractivity contribution in [2.75, 3.05) is 42.3 Å². The van der Waals surface area contributed by atoms with Crippen LogP contribution in [0.15, 0.2) is 47.4 Å². The minimum atomic E-state index is -3.79. The van der Waals surface area contributed by atoms with Crippen molar-refractivity contribution < 1.29 is 26.4 Å². The maximum atomic E-state index is 13.9. The van der Waals surface area contributed by atoms with E-state index in [0.717, 1.165) is 43.2 Å². The Hall–Kier alpha value is -2.47. The van der Waals surface area contributed by atoms with E-state index in [1.807, 2.05) is 12.1 Å². The molecule has 11 heteroatoms. The van der Waals surface area contributed by atoms with Gasteiger partial charge in [-0.1, -0.05) is 6.07 Å². The van der Waals surface area contributed by atoms with Crippen LogP contribution in [0.1, 0.15) is 60.9 Å². The van der Waals surface area contributed by atoms with E-state index in [1.54, 1.807) is 23.1 Å². The zero-order valence-corrected chi connectivity index (χ0v) is 23.1. The SMILES string of the molecule is CS(=O)(=O)Nc1ccc2c(c1)C1(CCC3(CC3)CC1)CN2C(=O)c1cccc(S(=O)(=O)N2CCCOC2)c1. The van der Waals surface area contributed by atoms with Crippen LogP contribution in [-0.4, -0.2) is 59.7 Å². The first-order chi connectivity index (χ1) is 18.0. The number of nitrogens with one attached hydrogen (secondary N) is 1. The first-order valence-electron chi connectivity index (χ1n) is 13.1. The van der Waals surface area contributed by atoms with Crippen molar-refractivity contribution in [1.82, 2.24) is 4.31 Å². The summed E-state index contributed by atoms with van der Waals surface area (Å²) in [7, 11) is -7.23. The zero-order chi connectivity index (χ0) is 26.8. The molecule has 2 spiro atoms. The van der Waals surface area contributed by atoms with Crippen molar-refractivity contribution in [1.29, 1.82) is 0 Å². The van der Waals surface area contributed by atoms with E-state index in [1.165, 1.54) is 29.3 Å². The van der Waals surface area contributed by atoms with E-state index < -0.39 is 20.0 Å². The standard InChI is InChI=1S/C27H33N3O6S2/c1-37(32,33)28-21-6-7-24-23(17-21)27(12-10-26(8-9-26)11-13-27)18-30(24)25(31)20-4-2-5-22(16-20)38(34,35)29-14-3-15-36-19-29/h2,4-7,16-17,28H,3,8-15,18-19H2,1H3. The van der Waals surface area contributed by atoms with E-state index in [4.69, 9.17) is 4.74 Å². The lowest BCUT2D eigenvalue weighted by molar-refractivity contribution is 0.0313. The molecule has 0 unspecified atom stereocenters. The number of nitrogens with zero attached hydrogens (tertiary/aromatic N) is 2. The number of hydrogen-bond acceptors (Lipinski definition) is 6. The third kappa shape index (κ3) is 4.63. The number of carbonyl (C=O) groups is 1. The Bertz CT molecular complexity index is 1480. The van der Waals surface area contributed by atoms with Gasteiger partial charge in [-0.3, -0.25) is 9.52 Å². The van der Waals surface area contributed by atoms with Crippen molar-refractivity contribution in [2.24, 2.45) is 5.41 Å². The van der Waals surface area contributed by atoms with Gasteiger partial charge in [0.05, 0.1) is 11.2 Å². The molecule has 3 fully saturated rings. The summed E-state index contributed by atoms with van der Waals surface area (Å²) in [6.45, 7) is 1.42. The number of ether oxygens (including phenoxy) is 1. The minimum Gasteiger partial charge on any atom is -0.365 e. The molecular weight excluding hydrogens is 526 g/mol. The van der Waals surface area contributed by atoms with Gasteiger partial charge < -0.3 is 9.64 Å². The van der Waals surface area contributed by atoms with Crippen LogP contribution in [0.3, 0.4) is 0 Å². The normalized spacial score (nSPS) is 22.4. The fourth-order valence-electron chi connectivity index (χ4n) is 6.35. The van der Waals surface area contributed by atoms with Gasteiger partial charge in [-0.2, -0.15) is 4.31 Å². The number of rotatable bonds is 5. The number of amides is 1. The molecule has 9 nitrogen and oxygen atoms in total. The maximum Gasteiger partial charge on any atom is 0.258 e. The molecule has 1 saturated heterocycles. The Morgan fingerprint density at radius 1 is 0.974 bits per heavy atom. The van der Waals surface area contributed by atoms with Gasteiger partial charge in [-0.15, -0.1) is 0 Å². The van der Waals surface area contributed by atoms with Gasteiger partial charge in [0.15, 0.2) is 0 Å². The van der Waals surface area contributed by atoms with Crippen LogP contribution in [0.2, 0.25) is 0 Å². The summed E-state index contributed by atoms with van der Waals surface area (Å²) in [6.07, 6.45) is 8.36. The van der Waals surface area contributed by atoms with Crippen LogP contribution in [0.25, 0.3) is 0 Å². The molecule has 2 aromatic rings. The summed E-state index contributed by atoms with van der Waals surface area (Å²) in [4.78, 5) is 15.7. The lowest BCUT2D eigenvalue weighted by Crippen LogP contribution is -2.40. The summed E-state index contributed by atoms with van der Waals surface area (Å²) in [5, 5.41) is 0. The maximum absolute atomic E-state index is 13.9. The average Bonchev–Trinajstić information content (AvgIpc) is 3.60. The molecule has 2 aliphatic carbocycles. The van der Waals surface area contributed by atoms with Crippen molar-refractivity contribution in [2.45, 2.75) is 55.3 Å². The van der Waals surface area contributed by atoms with E-state index in [0.29, 0.717) is 42.8 Å². The van der Waals surface area contributed by atoms with Crippen LogP contribution in [0, 0.1) is 5.41 Å². The quantitative estimate of drug-likeness (QED) is 0.598. The molecule has 4 aliphatic rings. The molecule has 1 amide bonds. The molecule has 6 rings (SSSR count). The Morgan fingerprint density at radius 2 is 1.71 bits per heavy atom. The van der Waals surface area contributed by atoms with Crippen LogP contribution in [0.5, 0.6) is 0 Å². The van der Waals surface area contributed by atoms with Crippen LogP contribution < -0.4 is 9.62 Å². The zero-order valence-electron chi connectivity index (χ0n) is 21.5. The Kier molecular flexibility index (Phi) is 6.14. The van der Waals surface area contributed by atoms with Gasteiger partial charge in [-0.25, -0.2) is 16.8 Å². The van der Waals surface area contributed by atoms with Gasteiger partial charge in [0.2, 0.25) is 20.0 Å². The molecule has 0 aromatic heterocycles. The van der Waals surface area contributed by atoms with Crippen molar-refractivity contribution >= 4 is 37.3 Å². The van der Waals surface area contributed by atoms with Crippen molar-refractivity contribution in [3.63, 3.8) is 0 Å². The highest BCUT2D eigenvalue weighted by Gasteiger charge is 2.53. The lowest BCUT2D eigenvalue weighted by Gasteiger charge is -2.38. The third-order valence-corrected chi connectivity index (χ3v) is 11.2. The van der Waals surface area contributed by atoms with E-state index in [2.05, 4.69) is 4.72 Å². The highest BCUT2D eigenvalue weighted by molar-refractivity contribution is 7.92. The third-order valence-electron chi connectivity index (χ3n) is 8.74. The molecule has 0 bridgehead atoms. The van der Waals surface area contributed by atoms with Gasteiger partial charge in [0, 0.05) is 42.0 Å². The predicted molar refractivity (Wildman–Crippen MR) is 144 cm³/mol. The highest BCUT2D eigenvalue weighted by atomic mass is 32.2. The molecule has 204 valence electrons. The highest BCUT2D eigenvalue weighted by Crippen LogP contribution is 2.62. The fourth-order valence-corrected chi connectivity index (χ4v) is 8.31. The van der Waals surface area contributed by atoms with E-state index in [9.17, 15) is 21.6 Å². The van der Waals surface area contributed by atoms with Gasteiger partial charge in [-0.05, 0) is 92.3 Å². The predicted octanol–water partition coefficient (Wildman–Crippen LogP) is 3.68. The first kappa shape index (κ1) is 25.8. The minimum absolute atomic E-state index is 0.00781. The van der Waals surface area contributed by atoms with Crippen LogP contribution >= 0.6 is 0 Å². The summed E-state index contributed by atoms with van der Waals surface area (Å²) >= 11 is 0. The number of carbonyl (C=O) groups excluding carboxylic acids is 1. The van der Waals surface area contributed by atoms with Gasteiger partial charge in [0.1, 0.15) is 6.73 Å². The van der Waals surface area contributed by atoms with Crippen LogP contribution in [-0.2, 0) is 30.2 Å². The number of anilines is 2. The van der Waals surface area contributed by atoms with E-state index >= 15 is 0 Å². The monoisotopic (exact) mass is 559 g/mol. The fraction of sp³-hybridized carbons (Fsp3) is 0.519. The van der Waals surface area contributed by atoms with Crippen molar-refractivity contribution in [3.8, 4) is 0 Å². The summed E-state index contributed by atoms with van der Waals surface area (Å²) in [5.74, 6) is -0.259. The second kappa shape index (κ2) is 9.04. The Labute approximate surface area is 224 Å². The first-order valence-corrected chi connectivity index (χ1v) is 16.5. The number of hydrogen-bond donors (Lipinski definition) is 1. The summed E-state index contributed by atoms with van der Waals surface area (Å²) in [5.41, 5.74) is 2.75. The van der Waals surface area contributed by atoms with Gasteiger partial charge in [0.25, 0.3) is 5.91 Å². The summed E-state index contributed by atoms with van der Waals surface area (Å²) in [6, 6.07) is 11.6. The molecule has 2 saturated carbocycles. The Morgan fingerprint density at radius 3 is 2.37 bits per heavy atom. The molecule has 1 N–H and O–H groups in total. The number of benzene rings is 2. The van der Waals surface area contributed by atoms with Crippen molar-refractivity contribution in [3.05, 3.63) is 53.6 Å². The second-order valence-electron chi connectivity index (χ2n) is 11.4. The van der Waals surface area contributed by atoms with Crippen LogP contribution in [0.4, 0.5) is 11.4 Å². The number of fused-ring (bicyclic) bond motifs is 2. The second-order valence-corrected chi connectivity index (χ2v) is 15.1. The number of sulfonamides is 2. The largest absolute Gasteiger partial charge is 0.365 e.